The summed E-state index contributed by atoms with van der Waals surface area (Å²) in [6.07, 6.45) is 1.38. The zero-order valence-electron chi connectivity index (χ0n) is 18.4. The molecule has 0 bridgehead atoms. The molecule has 2 aromatic heterocycles. The lowest BCUT2D eigenvalue weighted by Gasteiger charge is -2.35. The summed E-state index contributed by atoms with van der Waals surface area (Å²) in [7, 11) is -3.43. The van der Waals surface area contributed by atoms with E-state index in [0.717, 1.165) is 29.5 Å². The Kier molecular flexibility index (Phi) is 9.30. The molecular formula is C19H31IN6O4S. The fraction of sp³-hybridized carbons (Fsp3) is 0.632. The lowest BCUT2D eigenvalue weighted by atomic mass is 10.00. The smallest absolute Gasteiger partial charge is 0.220 e. The van der Waals surface area contributed by atoms with Crippen LogP contribution in [-0.4, -0.2) is 73.2 Å². The van der Waals surface area contributed by atoms with Crippen LogP contribution in [0.15, 0.2) is 26.4 Å². The maximum Gasteiger partial charge on any atom is 0.220 e. The van der Waals surface area contributed by atoms with E-state index in [-0.39, 0.29) is 35.6 Å². The Morgan fingerprint density at radius 1 is 1.26 bits per heavy atom. The minimum Gasteiger partial charge on any atom is -0.364 e. The lowest BCUT2D eigenvalue weighted by molar-refractivity contribution is 0.259. The number of halogens is 1. The first-order chi connectivity index (χ1) is 14.3. The third-order valence-corrected chi connectivity index (χ3v) is 7.00. The summed E-state index contributed by atoms with van der Waals surface area (Å²) in [5.74, 6) is 1.65. The summed E-state index contributed by atoms with van der Waals surface area (Å²) in [5.41, 5.74) is 2.41. The average molecular weight is 566 g/mol. The molecular weight excluding hydrogens is 535 g/mol. The number of hydrogen-bond donors (Lipinski definition) is 1. The Morgan fingerprint density at radius 3 is 2.52 bits per heavy atom. The van der Waals surface area contributed by atoms with Gasteiger partial charge in [-0.1, -0.05) is 17.2 Å². The topological polar surface area (TPSA) is 117 Å². The van der Waals surface area contributed by atoms with E-state index in [0.29, 0.717) is 38.4 Å². The first kappa shape index (κ1) is 25.6. The van der Waals surface area contributed by atoms with Gasteiger partial charge in [0.1, 0.15) is 17.8 Å². The highest BCUT2D eigenvalue weighted by Gasteiger charge is 2.29. The van der Waals surface area contributed by atoms with Crippen LogP contribution in [0.3, 0.4) is 0 Å². The normalized spacial score (nSPS) is 16.8. The van der Waals surface area contributed by atoms with Gasteiger partial charge in [0.2, 0.25) is 10.0 Å². The monoisotopic (exact) mass is 566 g/mol. The predicted molar refractivity (Wildman–Crippen MR) is 128 cm³/mol. The summed E-state index contributed by atoms with van der Waals surface area (Å²) >= 11 is 0. The third kappa shape index (κ3) is 6.42. The van der Waals surface area contributed by atoms with Crippen molar-refractivity contribution in [2.24, 2.45) is 4.99 Å². The molecule has 1 unspecified atom stereocenters. The van der Waals surface area contributed by atoms with Gasteiger partial charge >= 0.3 is 0 Å². The molecule has 0 aromatic carbocycles. The number of nitrogens with zero attached hydrogens (tertiary/aromatic N) is 5. The number of aromatic nitrogens is 2. The van der Waals surface area contributed by atoms with Crippen LogP contribution in [-0.2, 0) is 15.8 Å². The van der Waals surface area contributed by atoms with Crippen LogP contribution < -0.4 is 5.32 Å². The Hall–Kier alpha value is -1.67. The van der Waals surface area contributed by atoms with Crippen molar-refractivity contribution < 1.29 is 17.5 Å². The fourth-order valence-corrected chi connectivity index (χ4v) is 5.13. The number of nitrogens with one attached hydrogen (secondary N) is 1. The van der Waals surface area contributed by atoms with E-state index in [4.69, 9.17) is 14.0 Å². The van der Waals surface area contributed by atoms with E-state index in [1.165, 1.54) is 10.6 Å². The first-order valence-corrected chi connectivity index (χ1v) is 11.8. The SMILES string of the molecule is CCNC(=NCC(C)c1c(C)noc1C)N1CCN(S(=O)(=O)Cc2ccon2)CC1.I. The molecule has 1 aliphatic rings. The van der Waals surface area contributed by atoms with Gasteiger partial charge in [0, 0.05) is 56.8 Å². The number of aliphatic imine (C=N–C) groups is 1. The van der Waals surface area contributed by atoms with Crippen LogP contribution in [0, 0.1) is 13.8 Å². The molecule has 0 spiro atoms. The van der Waals surface area contributed by atoms with Gasteiger partial charge < -0.3 is 19.3 Å². The highest BCUT2D eigenvalue weighted by atomic mass is 127. The molecule has 0 amide bonds. The van der Waals surface area contributed by atoms with Gasteiger partial charge in [0.25, 0.3) is 0 Å². The summed E-state index contributed by atoms with van der Waals surface area (Å²) < 4.78 is 36.8. The fourth-order valence-electron chi connectivity index (χ4n) is 3.70. The second kappa shape index (κ2) is 11.3. The highest BCUT2D eigenvalue weighted by molar-refractivity contribution is 14.0. The number of guanidine groups is 1. The van der Waals surface area contributed by atoms with Crippen LogP contribution >= 0.6 is 24.0 Å². The van der Waals surface area contributed by atoms with Crippen molar-refractivity contribution in [3.63, 3.8) is 0 Å². The molecule has 10 nitrogen and oxygen atoms in total. The van der Waals surface area contributed by atoms with Gasteiger partial charge in [-0.05, 0) is 20.8 Å². The molecule has 12 heteroatoms. The zero-order valence-corrected chi connectivity index (χ0v) is 21.5. The van der Waals surface area contributed by atoms with Crippen LogP contribution in [0.4, 0.5) is 0 Å². The Balaban J connectivity index is 0.00000341. The lowest BCUT2D eigenvalue weighted by Crippen LogP contribution is -2.54. The molecule has 1 saturated heterocycles. The molecule has 1 atom stereocenters. The quantitative estimate of drug-likeness (QED) is 0.308. The van der Waals surface area contributed by atoms with E-state index in [9.17, 15) is 8.42 Å². The number of hydrogen-bond acceptors (Lipinski definition) is 7. The maximum atomic E-state index is 12.6. The average Bonchev–Trinajstić information content (AvgIpc) is 3.34. The van der Waals surface area contributed by atoms with E-state index in [1.807, 2.05) is 20.8 Å². The Labute approximate surface area is 200 Å². The molecule has 31 heavy (non-hydrogen) atoms. The van der Waals surface area contributed by atoms with E-state index >= 15 is 0 Å². The van der Waals surface area contributed by atoms with Gasteiger partial charge in [-0.2, -0.15) is 4.31 Å². The van der Waals surface area contributed by atoms with E-state index in [1.54, 1.807) is 6.07 Å². The number of sulfonamides is 1. The van der Waals surface area contributed by atoms with Gasteiger partial charge in [0.15, 0.2) is 5.96 Å². The highest BCUT2D eigenvalue weighted by Crippen LogP contribution is 2.23. The summed E-state index contributed by atoms with van der Waals surface area (Å²) in [5, 5.41) is 11.1. The minimum absolute atomic E-state index is 0. The van der Waals surface area contributed by atoms with Crippen molar-refractivity contribution in [3.05, 3.63) is 35.0 Å². The van der Waals surface area contributed by atoms with Crippen molar-refractivity contribution in [1.29, 1.82) is 0 Å². The summed E-state index contributed by atoms with van der Waals surface area (Å²) in [4.78, 5) is 6.90. The summed E-state index contributed by atoms with van der Waals surface area (Å²) in [6.45, 7) is 11.3. The predicted octanol–water partition coefficient (Wildman–Crippen LogP) is 2.11. The number of piperazine rings is 1. The van der Waals surface area contributed by atoms with Crippen molar-refractivity contribution in [2.75, 3.05) is 39.3 Å². The van der Waals surface area contributed by atoms with Crippen molar-refractivity contribution >= 4 is 40.0 Å². The van der Waals surface area contributed by atoms with Crippen molar-refractivity contribution in [1.82, 2.24) is 24.8 Å². The largest absolute Gasteiger partial charge is 0.364 e. The molecule has 3 heterocycles. The number of aryl methyl sites for hydroxylation is 2. The standard InChI is InChI=1S/C19H30N6O4S.HI/c1-5-20-19(21-12-14(2)18-15(3)22-29-16(18)4)24-7-9-25(10-8-24)30(26,27)13-17-6-11-28-23-17;/h6,11,14H,5,7-10,12-13H2,1-4H3,(H,20,21);1H. The molecule has 0 aliphatic carbocycles. The molecule has 1 aliphatic heterocycles. The van der Waals surface area contributed by atoms with Crippen LogP contribution in [0.25, 0.3) is 0 Å². The van der Waals surface area contributed by atoms with Gasteiger partial charge in [-0.25, -0.2) is 8.42 Å². The van der Waals surface area contributed by atoms with Crippen molar-refractivity contribution in [3.8, 4) is 0 Å². The number of rotatable bonds is 7. The van der Waals surface area contributed by atoms with Gasteiger partial charge in [0.05, 0.1) is 11.4 Å². The Morgan fingerprint density at radius 2 is 1.97 bits per heavy atom. The molecule has 2 aromatic rings. The van der Waals surface area contributed by atoms with Gasteiger partial charge in [-0.15, -0.1) is 24.0 Å². The molecule has 0 radical (unpaired) electrons. The van der Waals surface area contributed by atoms with Crippen LogP contribution in [0.5, 0.6) is 0 Å². The van der Waals surface area contributed by atoms with E-state index in [2.05, 4.69) is 27.5 Å². The van der Waals surface area contributed by atoms with Crippen LogP contribution in [0.1, 0.15) is 42.5 Å². The molecule has 1 fully saturated rings. The van der Waals surface area contributed by atoms with E-state index < -0.39 is 10.0 Å². The molecule has 3 rings (SSSR count). The second-order valence-corrected chi connectivity index (χ2v) is 9.44. The Bertz CT molecular complexity index is 933. The maximum absolute atomic E-state index is 12.6. The van der Waals surface area contributed by atoms with Gasteiger partial charge in [-0.3, -0.25) is 4.99 Å². The third-order valence-electron chi connectivity index (χ3n) is 5.18. The first-order valence-electron chi connectivity index (χ1n) is 10.1. The molecule has 1 N–H and O–H groups in total. The van der Waals surface area contributed by atoms with Crippen molar-refractivity contribution in [2.45, 2.75) is 39.4 Å². The minimum atomic E-state index is -3.43. The second-order valence-electron chi connectivity index (χ2n) is 7.47. The molecule has 0 saturated carbocycles. The molecule has 174 valence electrons. The van der Waals surface area contributed by atoms with Crippen LogP contribution in [0.2, 0.25) is 0 Å². The summed E-state index contributed by atoms with van der Waals surface area (Å²) in [6, 6.07) is 1.57. The zero-order chi connectivity index (χ0) is 21.7.